The van der Waals surface area contributed by atoms with Crippen LogP contribution in [0.15, 0.2) is 42.7 Å². The van der Waals surface area contributed by atoms with Crippen LogP contribution >= 0.6 is 0 Å². The number of carbonyl (C=O) groups is 1. The van der Waals surface area contributed by atoms with Gasteiger partial charge < -0.3 is 20.9 Å². The average Bonchev–Trinajstić information content (AvgIpc) is 2.53. The number of nitrogens with two attached hydrogens (primary N) is 1. The van der Waals surface area contributed by atoms with Crippen molar-refractivity contribution in [1.82, 2.24) is 4.98 Å². The highest BCUT2D eigenvalue weighted by Gasteiger charge is 2.11. The molecule has 1 heterocycles. The summed E-state index contributed by atoms with van der Waals surface area (Å²) in [6.45, 7) is 4.16. The fourth-order valence-corrected chi connectivity index (χ4v) is 2.11. The van der Waals surface area contributed by atoms with E-state index >= 15 is 0 Å². The Balaban J connectivity index is 2.00. The van der Waals surface area contributed by atoms with Crippen LogP contribution in [0.5, 0.6) is 5.75 Å². The van der Waals surface area contributed by atoms with E-state index in [1.54, 1.807) is 12.3 Å². The molecule has 6 heteroatoms. The molecule has 0 aliphatic heterocycles. The molecule has 0 fully saturated rings. The van der Waals surface area contributed by atoms with Gasteiger partial charge in [0.1, 0.15) is 5.75 Å². The first-order valence-electron chi connectivity index (χ1n) is 7.39. The van der Waals surface area contributed by atoms with Crippen molar-refractivity contribution in [3.8, 4) is 5.75 Å². The number of rotatable bonds is 7. The SMILES string of the molecule is CC(C)Oc1ccc(C(O)CNc2ccncc2C(N)=O)cc1. The Hall–Kier alpha value is -2.60. The molecule has 2 rings (SSSR count). The predicted octanol–water partition coefficient (Wildman–Crippen LogP) is 2.11. The van der Waals surface area contributed by atoms with Gasteiger partial charge in [-0.1, -0.05) is 12.1 Å². The van der Waals surface area contributed by atoms with Gasteiger partial charge in [-0.05, 0) is 37.6 Å². The minimum absolute atomic E-state index is 0.103. The zero-order chi connectivity index (χ0) is 16.8. The predicted molar refractivity (Wildman–Crippen MR) is 88.4 cm³/mol. The van der Waals surface area contributed by atoms with Gasteiger partial charge in [0.15, 0.2) is 0 Å². The highest BCUT2D eigenvalue weighted by Crippen LogP contribution is 2.20. The maximum Gasteiger partial charge on any atom is 0.252 e. The van der Waals surface area contributed by atoms with Crippen molar-refractivity contribution in [2.75, 3.05) is 11.9 Å². The van der Waals surface area contributed by atoms with Gasteiger partial charge in [0.2, 0.25) is 0 Å². The summed E-state index contributed by atoms with van der Waals surface area (Å²) in [6.07, 6.45) is 2.33. The monoisotopic (exact) mass is 315 g/mol. The lowest BCUT2D eigenvalue weighted by atomic mass is 10.1. The number of primary amides is 1. The number of benzene rings is 1. The number of aromatic nitrogens is 1. The Morgan fingerprint density at radius 3 is 2.61 bits per heavy atom. The number of carbonyl (C=O) groups excluding carboxylic acids is 1. The number of anilines is 1. The lowest BCUT2D eigenvalue weighted by molar-refractivity contribution is 0.100. The maximum atomic E-state index is 11.3. The Bertz CT molecular complexity index is 656. The van der Waals surface area contributed by atoms with E-state index in [2.05, 4.69) is 10.3 Å². The number of aliphatic hydroxyl groups excluding tert-OH is 1. The second-order valence-electron chi connectivity index (χ2n) is 5.42. The highest BCUT2D eigenvalue weighted by atomic mass is 16.5. The van der Waals surface area contributed by atoms with Gasteiger partial charge in [-0.15, -0.1) is 0 Å². The Kier molecular flexibility index (Phi) is 5.54. The summed E-state index contributed by atoms with van der Waals surface area (Å²) in [5, 5.41) is 13.3. The molecular weight excluding hydrogens is 294 g/mol. The number of hydrogen-bond acceptors (Lipinski definition) is 5. The maximum absolute atomic E-state index is 11.3. The van der Waals surface area contributed by atoms with Crippen LogP contribution in [0.2, 0.25) is 0 Å². The van der Waals surface area contributed by atoms with Gasteiger partial charge in [-0.25, -0.2) is 0 Å². The molecule has 2 aromatic rings. The second-order valence-corrected chi connectivity index (χ2v) is 5.42. The van der Waals surface area contributed by atoms with Crippen LogP contribution in [0, 0.1) is 0 Å². The van der Waals surface area contributed by atoms with Crippen molar-refractivity contribution in [3.05, 3.63) is 53.9 Å². The van der Waals surface area contributed by atoms with Crippen LogP contribution in [-0.2, 0) is 0 Å². The molecule has 1 amide bonds. The topological polar surface area (TPSA) is 97.5 Å². The minimum atomic E-state index is -0.725. The second kappa shape index (κ2) is 7.60. The van der Waals surface area contributed by atoms with Gasteiger partial charge >= 0.3 is 0 Å². The summed E-state index contributed by atoms with van der Waals surface area (Å²) in [5.74, 6) is 0.194. The molecule has 0 radical (unpaired) electrons. The molecule has 0 aliphatic carbocycles. The Morgan fingerprint density at radius 2 is 2.00 bits per heavy atom. The van der Waals surface area contributed by atoms with E-state index in [4.69, 9.17) is 10.5 Å². The number of pyridine rings is 1. The largest absolute Gasteiger partial charge is 0.491 e. The summed E-state index contributed by atoms with van der Waals surface area (Å²) >= 11 is 0. The van der Waals surface area contributed by atoms with E-state index in [1.807, 2.05) is 38.1 Å². The van der Waals surface area contributed by atoms with Crippen molar-refractivity contribution in [2.24, 2.45) is 5.73 Å². The number of hydrogen-bond donors (Lipinski definition) is 3. The van der Waals surface area contributed by atoms with Crippen LogP contribution in [0.1, 0.15) is 35.9 Å². The molecule has 0 saturated carbocycles. The van der Waals surface area contributed by atoms with Crippen LogP contribution in [0.25, 0.3) is 0 Å². The van der Waals surface area contributed by atoms with Crippen LogP contribution in [0.3, 0.4) is 0 Å². The van der Waals surface area contributed by atoms with Gasteiger partial charge in [0.25, 0.3) is 5.91 Å². The van der Waals surface area contributed by atoms with E-state index in [-0.39, 0.29) is 12.6 Å². The number of aliphatic hydroxyl groups is 1. The fourth-order valence-electron chi connectivity index (χ4n) is 2.11. The van der Waals surface area contributed by atoms with Gasteiger partial charge in [0.05, 0.1) is 23.5 Å². The molecule has 0 spiro atoms. The molecular formula is C17H21N3O3. The normalized spacial score (nSPS) is 12.0. The molecule has 1 aromatic heterocycles. The molecule has 1 aromatic carbocycles. The minimum Gasteiger partial charge on any atom is -0.491 e. The van der Waals surface area contributed by atoms with Crippen molar-refractivity contribution < 1.29 is 14.6 Å². The summed E-state index contributed by atoms with van der Waals surface area (Å²) in [4.78, 5) is 15.2. The first-order chi connectivity index (χ1) is 11.0. The number of ether oxygens (including phenoxy) is 1. The lowest BCUT2D eigenvalue weighted by Crippen LogP contribution is -2.18. The third-order valence-corrected chi connectivity index (χ3v) is 3.21. The summed E-state index contributed by atoms with van der Waals surface area (Å²) in [7, 11) is 0. The molecule has 4 N–H and O–H groups in total. The first-order valence-corrected chi connectivity index (χ1v) is 7.39. The summed E-state index contributed by atoms with van der Waals surface area (Å²) in [5.41, 5.74) is 6.89. The van der Waals surface area contributed by atoms with Crippen LogP contribution in [0.4, 0.5) is 5.69 Å². The quantitative estimate of drug-likeness (QED) is 0.727. The van der Waals surface area contributed by atoms with Gasteiger partial charge in [-0.3, -0.25) is 9.78 Å². The molecule has 23 heavy (non-hydrogen) atoms. The zero-order valence-electron chi connectivity index (χ0n) is 13.2. The van der Waals surface area contributed by atoms with Gasteiger partial charge in [0, 0.05) is 18.9 Å². The molecule has 1 atom stereocenters. The molecule has 122 valence electrons. The average molecular weight is 315 g/mol. The Labute approximate surface area is 135 Å². The lowest BCUT2D eigenvalue weighted by Gasteiger charge is -2.15. The van der Waals surface area contributed by atoms with Crippen molar-refractivity contribution in [2.45, 2.75) is 26.1 Å². The third kappa shape index (κ3) is 4.69. The number of nitrogens with one attached hydrogen (secondary N) is 1. The molecule has 6 nitrogen and oxygen atoms in total. The fraction of sp³-hybridized carbons (Fsp3) is 0.294. The van der Waals surface area contributed by atoms with Crippen molar-refractivity contribution in [3.63, 3.8) is 0 Å². The van der Waals surface area contributed by atoms with Gasteiger partial charge in [-0.2, -0.15) is 0 Å². The molecule has 1 unspecified atom stereocenters. The molecule has 0 bridgehead atoms. The van der Waals surface area contributed by atoms with Crippen molar-refractivity contribution >= 4 is 11.6 Å². The highest BCUT2D eigenvalue weighted by molar-refractivity contribution is 5.98. The summed E-state index contributed by atoms with van der Waals surface area (Å²) < 4.78 is 5.56. The standard InChI is InChI=1S/C17H21N3O3/c1-11(2)23-13-5-3-12(4-6-13)16(21)10-20-15-7-8-19-9-14(15)17(18)22/h3-9,11,16,21H,10H2,1-2H3,(H2,18,22)(H,19,20). The van der Waals surface area contributed by atoms with E-state index in [0.29, 0.717) is 11.3 Å². The van der Waals surface area contributed by atoms with E-state index < -0.39 is 12.0 Å². The van der Waals surface area contributed by atoms with Crippen LogP contribution < -0.4 is 15.8 Å². The number of nitrogens with zero attached hydrogens (tertiary/aromatic N) is 1. The van der Waals surface area contributed by atoms with E-state index in [9.17, 15) is 9.90 Å². The van der Waals surface area contributed by atoms with Crippen LogP contribution in [-0.4, -0.2) is 28.6 Å². The molecule has 0 saturated heterocycles. The van der Waals surface area contributed by atoms with Crippen molar-refractivity contribution in [1.29, 1.82) is 0 Å². The zero-order valence-corrected chi connectivity index (χ0v) is 13.2. The van der Waals surface area contributed by atoms with E-state index in [0.717, 1.165) is 11.3 Å². The number of amides is 1. The smallest absolute Gasteiger partial charge is 0.252 e. The Morgan fingerprint density at radius 1 is 1.30 bits per heavy atom. The van der Waals surface area contributed by atoms with E-state index in [1.165, 1.54) is 6.20 Å². The molecule has 0 aliphatic rings. The summed E-state index contributed by atoms with van der Waals surface area (Å²) in [6, 6.07) is 8.91. The third-order valence-electron chi connectivity index (χ3n) is 3.21. The first kappa shape index (κ1) is 16.8.